The first-order valence-electron chi connectivity index (χ1n) is 6.11. The molecule has 2 aromatic carbocycles. The molecule has 0 heterocycles. The van der Waals surface area contributed by atoms with E-state index in [2.05, 4.69) is 21.2 Å². The maximum Gasteiger partial charge on any atom is 0.137 e. The third-order valence-electron chi connectivity index (χ3n) is 2.99. The van der Waals surface area contributed by atoms with E-state index in [1.54, 1.807) is 0 Å². The molecule has 0 saturated carbocycles. The molecule has 20 heavy (non-hydrogen) atoms. The lowest BCUT2D eigenvalue weighted by atomic mass is 10.1. The molecule has 106 valence electrons. The maximum absolute atomic E-state index is 13.8. The molecule has 2 aromatic rings. The Kier molecular flexibility index (Phi) is 5.18. The Bertz CT molecular complexity index is 619. The summed E-state index contributed by atoms with van der Waals surface area (Å²) in [5, 5.41) is 3.16. The van der Waals surface area contributed by atoms with Gasteiger partial charge in [0.15, 0.2) is 0 Å². The molecule has 1 unspecified atom stereocenters. The zero-order valence-corrected chi connectivity index (χ0v) is 13.5. The standard InChI is InChI=1S/C15H14BrF2NS/c1-9(19-2)12-5-3-10(16)7-14(12)20-15-8-11(17)4-6-13(15)18/h3-9,19H,1-2H3. The van der Waals surface area contributed by atoms with E-state index in [-0.39, 0.29) is 10.9 Å². The van der Waals surface area contributed by atoms with Gasteiger partial charge in [0.1, 0.15) is 11.6 Å². The molecule has 0 amide bonds. The van der Waals surface area contributed by atoms with E-state index in [4.69, 9.17) is 0 Å². The highest BCUT2D eigenvalue weighted by Gasteiger charge is 2.13. The van der Waals surface area contributed by atoms with Crippen LogP contribution in [0.1, 0.15) is 18.5 Å². The highest BCUT2D eigenvalue weighted by Crippen LogP contribution is 2.36. The van der Waals surface area contributed by atoms with Crippen LogP contribution in [0.5, 0.6) is 0 Å². The Morgan fingerprint density at radius 3 is 2.55 bits per heavy atom. The van der Waals surface area contributed by atoms with Crippen LogP contribution in [0, 0.1) is 11.6 Å². The zero-order valence-electron chi connectivity index (χ0n) is 11.1. The van der Waals surface area contributed by atoms with Crippen LogP contribution in [0.3, 0.4) is 0 Å². The Balaban J connectivity index is 2.41. The molecule has 1 atom stereocenters. The first-order valence-corrected chi connectivity index (χ1v) is 7.72. The second-order valence-electron chi connectivity index (χ2n) is 4.37. The number of hydrogen-bond donors (Lipinski definition) is 1. The van der Waals surface area contributed by atoms with Crippen LogP contribution in [-0.4, -0.2) is 7.05 Å². The normalized spacial score (nSPS) is 12.4. The SMILES string of the molecule is CNC(C)c1ccc(Br)cc1Sc1cc(F)ccc1F. The third kappa shape index (κ3) is 3.59. The summed E-state index contributed by atoms with van der Waals surface area (Å²) in [6.45, 7) is 2.02. The van der Waals surface area contributed by atoms with Crippen molar-refractivity contribution < 1.29 is 8.78 Å². The van der Waals surface area contributed by atoms with Gasteiger partial charge in [-0.1, -0.05) is 33.8 Å². The predicted molar refractivity (Wildman–Crippen MR) is 82.1 cm³/mol. The highest BCUT2D eigenvalue weighted by molar-refractivity contribution is 9.10. The number of rotatable bonds is 4. The van der Waals surface area contributed by atoms with Gasteiger partial charge in [-0.05, 0) is 49.9 Å². The summed E-state index contributed by atoms with van der Waals surface area (Å²) in [4.78, 5) is 1.18. The number of hydrogen-bond acceptors (Lipinski definition) is 2. The molecule has 0 fully saturated rings. The predicted octanol–water partition coefficient (Wildman–Crippen LogP) is 5.16. The largest absolute Gasteiger partial charge is 0.313 e. The molecule has 1 N–H and O–H groups in total. The monoisotopic (exact) mass is 357 g/mol. The van der Waals surface area contributed by atoms with Gasteiger partial charge in [-0.2, -0.15) is 0 Å². The molecule has 0 aliphatic carbocycles. The molecular formula is C15H14BrF2NS. The summed E-state index contributed by atoms with van der Waals surface area (Å²) >= 11 is 4.64. The van der Waals surface area contributed by atoms with Crippen molar-refractivity contribution in [3.8, 4) is 0 Å². The van der Waals surface area contributed by atoms with Crippen molar-refractivity contribution in [2.45, 2.75) is 22.8 Å². The smallest absolute Gasteiger partial charge is 0.137 e. The van der Waals surface area contributed by atoms with Gasteiger partial charge in [0.25, 0.3) is 0 Å². The van der Waals surface area contributed by atoms with E-state index in [1.807, 2.05) is 32.2 Å². The van der Waals surface area contributed by atoms with E-state index in [0.717, 1.165) is 27.1 Å². The van der Waals surface area contributed by atoms with Gasteiger partial charge in [0.2, 0.25) is 0 Å². The molecule has 5 heteroatoms. The van der Waals surface area contributed by atoms with E-state index in [0.29, 0.717) is 0 Å². The van der Waals surface area contributed by atoms with Crippen LogP contribution in [0.2, 0.25) is 0 Å². The summed E-state index contributed by atoms with van der Waals surface area (Å²) < 4.78 is 27.9. The van der Waals surface area contributed by atoms with Crippen LogP contribution in [-0.2, 0) is 0 Å². The van der Waals surface area contributed by atoms with Gasteiger partial charge in [-0.3, -0.25) is 0 Å². The minimum absolute atomic E-state index is 0.127. The number of nitrogens with one attached hydrogen (secondary N) is 1. The third-order valence-corrected chi connectivity index (χ3v) is 4.59. The average molecular weight is 358 g/mol. The fraction of sp³-hybridized carbons (Fsp3) is 0.200. The molecule has 0 aliphatic heterocycles. The van der Waals surface area contributed by atoms with Crippen molar-refractivity contribution in [1.29, 1.82) is 0 Å². The molecule has 0 aromatic heterocycles. The van der Waals surface area contributed by atoms with Crippen molar-refractivity contribution >= 4 is 27.7 Å². The molecule has 0 aliphatic rings. The Hall–Kier alpha value is -0.910. The summed E-state index contributed by atoms with van der Waals surface area (Å²) in [7, 11) is 1.87. The number of halogens is 3. The quantitative estimate of drug-likeness (QED) is 0.810. The van der Waals surface area contributed by atoms with Crippen LogP contribution in [0.4, 0.5) is 8.78 Å². The van der Waals surface area contributed by atoms with Crippen molar-refractivity contribution in [2.75, 3.05) is 7.05 Å². The minimum Gasteiger partial charge on any atom is -0.313 e. The lowest BCUT2D eigenvalue weighted by Crippen LogP contribution is -2.13. The van der Waals surface area contributed by atoms with Gasteiger partial charge < -0.3 is 5.32 Å². The highest BCUT2D eigenvalue weighted by atomic mass is 79.9. The Morgan fingerprint density at radius 1 is 1.10 bits per heavy atom. The van der Waals surface area contributed by atoms with Crippen LogP contribution >= 0.6 is 27.7 Å². The Morgan fingerprint density at radius 2 is 1.85 bits per heavy atom. The molecular weight excluding hydrogens is 344 g/mol. The first kappa shape index (κ1) is 15.5. The van der Waals surface area contributed by atoms with Crippen LogP contribution < -0.4 is 5.32 Å². The summed E-state index contributed by atoms with van der Waals surface area (Å²) in [5.41, 5.74) is 1.05. The lowest BCUT2D eigenvalue weighted by Gasteiger charge is -2.16. The average Bonchev–Trinajstić information content (AvgIpc) is 2.42. The molecule has 0 spiro atoms. The molecule has 0 bridgehead atoms. The molecule has 1 nitrogen and oxygen atoms in total. The van der Waals surface area contributed by atoms with Gasteiger partial charge in [0, 0.05) is 15.4 Å². The van der Waals surface area contributed by atoms with Crippen LogP contribution in [0.15, 0.2) is 50.7 Å². The lowest BCUT2D eigenvalue weighted by molar-refractivity contribution is 0.577. The van der Waals surface area contributed by atoms with Gasteiger partial charge in [-0.25, -0.2) is 8.78 Å². The van der Waals surface area contributed by atoms with Crippen LogP contribution in [0.25, 0.3) is 0 Å². The van der Waals surface area contributed by atoms with Gasteiger partial charge in [-0.15, -0.1) is 0 Å². The second-order valence-corrected chi connectivity index (χ2v) is 6.37. The second kappa shape index (κ2) is 6.70. The molecule has 0 radical (unpaired) electrons. The van der Waals surface area contributed by atoms with Crippen molar-refractivity contribution in [3.63, 3.8) is 0 Å². The Labute approximate surface area is 129 Å². The van der Waals surface area contributed by atoms with E-state index in [9.17, 15) is 8.78 Å². The maximum atomic E-state index is 13.8. The first-order chi connectivity index (χ1) is 9.51. The minimum atomic E-state index is -0.438. The van der Waals surface area contributed by atoms with Gasteiger partial charge >= 0.3 is 0 Å². The number of benzene rings is 2. The molecule has 2 rings (SSSR count). The topological polar surface area (TPSA) is 12.0 Å². The van der Waals surface area contributed by atoms with E-state index in [1.165, 1.54) is 17.8 Å². The van der Waals surface area contributed by atoms with Crippen molar-refractivity contribution in [2.24, 2.45) is 0 Å². The van der Waals surface area contributed by atoms with Crippen molar-refractivity contribution in [1.82, 2.24) is 5.32 Å². The fourth-order valence-electron chi connectivity index (χ4n) is 1.78. The van der Waals surface area contributed by atoms with E-state index < -0.39 is 11.6 Å². The van der Waals surface area contributed by atoms with Gasteiger partial charge in [0.05, 0.1) is 4.90 Å². The van der Waals surface area contributed by atoms with Crippen molar-refractivity contribution in [3.05, 3.63) is 58.1 Å². The zero-order chi connectivity index (χ0) is 14.7. The van der Waals surface area contributed by atoms with E-state index >= 15 is 0 Å². The summed E-state index contributed by atoms with van der Waals surface area (Å²) in [5.74, 6) is -0.855. The molecule has 0 saturated heterocycles. The fourth-order valence-corrected chi connectivity index (χ4v) is 3.42. The summed E-state index contributed by atoms with van der Waals surface area (Å²) in [6, 6.07) is 9.45. The summed E-state index contributed by atoms with van der Waals surface area (Å²) in [6.07, 6.45) is 0.